The number of nitrogens with zero attached hydrogens (tertiary/aromatic N) is 2. The van der Waals surface area contributed by atoms with Gasteiger partial charge in [0.15, 0.2) is 0 Å². The summed E-state index contributed by atoms with van der Waals surface area (Å²) in [7, 11) is 0. The summed E-state index contributed by atoms with van der Waals surface area (Å²) in [6.45, 7) is 2.22. The summed E-state index contributed by atoms with van der Waals surface area (Å²) >= 11 is 0. The van der Waals surface area contributed by atoms with Gasteiger partial charge in [0.05, 0.1) is 17.5 Å². The fourth-order valence-electron chi connectivity index (χ4n) is 3.05. The standard InChI is InChI=1S/C18H16F3N3O/c19-12-2-4-16-14(7-12)18(25-10-11-5-6-22-9-11)23-24(16)17-8-13(20)1-3-15(17)21/h1-4,7-8,11,22H,5-6,9-10H2/t11-/m0/s1. The molecule has 0 bridgehead atoms. The highest BCUT2D eigenvalue weighted by Gasteiger charge is 2.20. The highest BCUT2D eigenvalue weighted by molar-refractivity contribution is 5.86. The highest BCUT2D eigenvalue weighted by Crippen LogP contribution is 2.30. The van der Waals surface area contributed by atoms with Crippen molar-refractivity contribution in [3.05, 3.63) is 53.8 Å². The SMILES string of the molecule is Fc1ccc(F)c(-n2nc(OC[C@H]3CCNC3)c3cc(F)ccc32)c1. The molecule has 0 amide bonds. The Morgan fingerprint density at radius 1 is 1.12 bits per heavy atom. The van der Waals surface area contributed by atoms with E-state index in [1.165, 1.54) is 22.9 Å². The lowest BCUT2D eigenvalue weighted by molar-refractivity contribution is 0.252. The van der Waals surface area contributed by atoms with Gasteiger partial charge in [-0.3, -0.25) is 0 Å². The van der Waals surface area contributed by atoms with Gasteiger partial charge in [-0.05, 0) is 43.3 Å². The summed E-state index contributed by atoms with van der Waals surface area (Å²) in [5, 5.41) is 7.93. The Hall–Kier alpha value is -2.54. The topological polar surface area (TPSA) is 39.1 Å². The minimum Gasteiger partial charge on any atom is -0.476 e. The largest absolute Gasteiger partial charge is 0.476 e. The van der Waals surface area contributed by atoms with Gasteiger partial charge < -0.3 is 10.1 Å². The van der Waals surface area contributed by atoms with Gasteiger partial charge in [-0.1, -0.05) is 0 Å². The van der Waals surface area contributed by atoms with E-state index in [1.807, 2.05) is 0 Å². The third-order valence-electron chi connectivity index (χ3n) is 4.36. The summed E-state index contributed by atoms with van der Waals surface area (Å²) in [6.07, 6.45) is 0.992. The maximum absolute atomic E-state index is 14.2. The molecule has 2 aromatic carbocycles. The normalized spacial score (nSPS) is 17.3. The van der Waals surface area contributed by atoms with Gasteiger partial charge in [0.25, 0.3) is 0 Å². The van der Waals surface area contributed by atoms with Crippen molar-refractivity contribution in [2.24, 2.45) is 5.92 Å². The van der Waals surface area contributed by atoms with Crippen LogP contribution in [0.15, 0.2) is 36.4 Å². The predicted octanol–water partition coefficient (Wildman–Crippen LogP) is 3.43. The first-order valence-electron chi connectivity index (χ1n) is 8.09. The van der Waals surface area contributed by atoms with Crippen molar-refractivity contribution < 1.29 is 17.9 Å². The van der Waals surface area contributed by atoms with Gasteiger partial charge in [0, 0.05) is 18.5 Å². The van der Waals surface area contributed by atoms with Crippen LogP contribution < -0.4 is 10.1 Å². The molecular formula is C18H16F3N3O. The number of hydrogen-bond acceptors (Lipinski definition) is 3. The molecule has 1 aliphatic heterocycles. The van der Waals surface area contributed by atoms with Gasteiger partial charge in [-0.25, -0.2) is 17.9 Å². The third-order valence-corrected chi connectivity index (χ3v) is 4.36. The molecule has 4 nitrogen and oxygen atoms in total. The number of fused-ring (bicyclic) bond motifs is 1. The van der Waals surface area contributed by atoms with Crippen LogP contribution in [-0.4, -0.2) is 29.5 Å². The number of halogens is 3. The first-order valence-corrected chi connectivity index (χ1v) is 8.09. The molecular weight excluding hydrogens is 331 g/mol. The van der Waals surface area contributed by atoms with Crippen LogP contribution in [0.2, 0.25) is 0 Å². The molecule has 7 heteroatoms. The molecule has 0 radical (unpaired) electrons. The molecule has 1 aromatic heterocycles. The fraction of sp³-hybridized carbons (Fsp3) is 0.278. The van der Waals surface area contributed by atoms with Crippen molar-refractivity contribution in [1.82, 2.24) is 15.1 Å². The molecule has 3 aromatic rings. The van der Waals surface area contributed by atoms with E-state index in [9.17, 15) is 13.2 Å². The molecule has 0 saturated carbocycles. The van der Waals surface area contributed by atoms with E-state index in [1.54, 1.807) is 0 Å². The minimum atomic E-state index is -0.623. The van der Waals surface area contributed by atoms with Crippen molar-refractivity contribution in [2.45, 2.75) is 6.42 Å². The third kappa shape index (κ3) is 3.07. The average Bonchev–Trinajstić information content (AvgIpc) is 3.23. The number of hydrogen-bond donors (Lipinski definition) is 1. The van der Waals surface area contributed by atoms with Crippen LogP contribution in [-0.2, 0) is 0 Å². The zero-order valence-electron chi connectivity index (χ0n) is 13.3. The average molecular weight is 347 g/mol. The monoisotopic (exact) mass is 347 g/mol. The number of ether oxygens (including phenoxy) is 1. The predicted molar refractivity (Wildman–Crippen MR) is 87.4 cm³/mol. The van der Waals surface area contributed by atoms with Gasteiger partial charge in [-0.2, -0.15) is 0 Å². The maximum Gasteiger partial charge on any atom is 0.241 e. The lowest BCUT2D eigenvalue weighted by Gasteiger charge is -2.08. The van der Waals surface area contributed by atoms with Crippen molar-refractivity contribution in [3.8, 4) is 11.6 Å². The second-order valence-electron chi connectivity index (χ2n) is 6.14. The Bertz CT molecular complexity index is 919. The quantitative estimate of drug-likeness (QED) is 0.786. The Morgan fingerprint density at radius 2 is 1.92 bits per heavy atom. The Labute approximate surface area is 142 Å². The van der Waals surface area contributed by atoms with E-state index in [4.69, 9.17) is 4.74 Å². The lowest BCUT2D eigenvalue weighted by atomic mass is 10.1. The molecule has 1 saturated heterocycles. The van der Waals surface area contributed by atoms with Gasteiger partial charge in [0.1, 0.15) is 23.1 Å². The van der Waals surface area contributed by atoms with Crippen molar-refractivity contribution in [2.75, 3.05) is 19.7 Å². The molecule has 2 heterocycles. The second kappa shape index (κ2) is 6.40. The maximum atomic E-state index is 14.2. The first kappa shape index (κ1) is 16.0. The van der Waals surface area contributed by atoms with Gasteiger partial charge >= 0.3 is 0 Å². The molecule has 0 spiro atoms. The highest BCUT2D eigenvalue weighted by atomic mass is 19.1. The summed E-state index contributed by atoms with van der Waals surface area (Å²) in [5.74, 6) is -1.09. The number of nitrogens with one attached hydrogen (secondary N) is 1. The van der Waals surface area contributed by atoms with E-state index in [0.29, 0.717) is 23.4 Å². The zero-order valence-corrected chi connectivity index (χ0v) is 13.3. The van der Waals surface area contributed by atoms with E-state index in [2.05, 4.69) is 10.4 Å². The number of benzene rings is 2. The van der Waals surface area contributed by atoms with Crippen LogP contribution in [0, 0.1) is 23.4 Å². The summed E-state index contributed by atoms with van der Waals surface area (Å²) in [5.41, 5.74) is 0.402. The van der Waals surface area contributed by atoms with Crippen LogP contribution in [0.3, 0.4) is 0 Å². The first-order chi connectivity index (χ1) is 12.1. The Morgan fingerprint density at radius 3 is 2.72 bits per heavy atom. The van der Waals surface area contributed by atoms with Crippen LogP contribution in [0.4, 0.5) is 13.2 Å². The van der Waals surface area contributed by atoms with Crippen LogP contribution >= 0.6 is 0 Å². The second-order valence-corrected chi connectivity index (χ2v) is 6.14. The van der Waals surface area contributed by atoms with Gasteiger partial charge in [-0.15, -0.1) is 5.10 Å². The number of rotatable bonds is 4. The molecule has 130 valence electrons. The molecule has 4 rings (SSSR count). The van der Waals surface area contributed by atoms with Crippen LogP contribution in [0.5, 0.6) is 5.88 Å². The molecule has 25 heavy (non-hydrogen) atoms. The molecule has 1 fully saturated rings. The fourth-order valence-corrected chi connectivity index (χ4v) is 3.05. The minimum absolute atomic E-state index is 0.0472. The van der Waals surface area contributed by atoms with E-state index < -0.39 is 17.5 Å². The van der Waals surface area contributed by atoms with Crippen LogP contribution in [0.1, 0.15) is 6.42 Å². The Kier molecular flexibility index (Phi) is 4.09. The van der Waals surface area contributed by atoms with Crippen LogP contribution in [0.25, 0.3) is 16.6 Å². The number of aromatic nitrogens is 2. The summed E-state index contributed by atoms with van der Waals surface area (Å²) in [4.78, 5) is 0. The Balaban J connectivity index is 1.77. The lowest BCUT2D eigenvalue weighted by Crippen LogP contribution is -2.15. The van der Waals surface area contributed by atoms with Crippen molar-refractivity contribution in [3.63, 3.8) is 0 Å². The summed E-state index contributed by atoms with van der Waals surface area (Å²) in [6, 6.07) is 7.14. The van der Waals surface area contributed by atoms with Gasteiger partial charge in [0.2, 0.25) is 5.88 Å². The molecule has 0 aliphatic carbocycles. The van der Waals surface area contributed by atoms with Crippen molar-refractivity contribution in [1.29, 1.82) is 0 Å². The zero-order chi connectivity index (χ0) is 17.4. The van der Waals surface area contributed by atoms with E-state index in [-0.39, 0.29) is 11.6 Å². The smallest absolute Gasteiger partial charge is 0.241 e. The molecule has 1 N–H and O–H groups in total. The molecule has 0 unspecified atom stereocenters. The van der Waals surface area contributed by atoms with Crippen molar-refractivity contribution >= 4 is 10.9 Å². The summed E-state index contributed by atoms with van der Waals surface area (Å²) < 4.78 is 48.4. The molecule has 1 aliphatic rings. The van der Waals surface area contributed by atoms with E-state index in [0.717, 1.165) is 37.7 Å². The molecule has 1 atom stereocenters. The van der Waals surface area contributed by atoms with E-state index >= 15 is 0 Å².